The molecule has 1 aliphatic carbocycles. The monoisotopic (exact) mass is 288 g/mol. The lowest BCUT2D eigenvalue weighted by Crippen LogP contribution is -2.23. The number of ketones is 1. The molecule has 0 saturated carbocycles. The van der Waals surface area contributed by atoms with Crippen molar-refractivity contribution < 1.29 is 4.79 Å². The van der Waals surface area contributed by atoms with Gasteiger partial charge in [0.1, 0.15) is 0 Å². The molecule has 0 fully saturated rings. The molecule has 108 valence electrons. The van der Waals surface area contributed by atoms with Gasteiger partial charge in [-0.05, 0) is 49.3 Å². The molecule has 0 amide bonds. The number of carbonyl (C=O) groups is 1. The zero-order valence-electron chi connectivity index (χ0n) is 12.5. The van der Waals surface area contributed by atoms with Crippen LogP contribution in [0.4, 0.5) is 0 Å². The Hall–Kier alpha value is -1.02. The van der Waals surface area contributed by atoms with E-state index in [-0.39, 0.29) is 0 Å². The van der Waals surface area contributed by atoms with Gasteiger partial charge >= 0.3 is 0 Å². The maximum absolute atomic E-state index is 11.9. The van der Waals surface area contributed by atoms with E-state index < -0.39 is 0 Å². The zero-order chi connectivity index (χ0) is 14.4. The van der Waals surface area contributed by atoms with E-state index in [1.54, 1.807) is 0 Å². The van der Waals surface area contributed by atoms with E-state index in [2.05, 4.69) is 43.3 Å². The number of Topliss-reactive ketones (excluding diaryl/α,β-unsaturated/α-hetero) is 1. The average molecular weight is 288 g/mol. The molecule has 0 aromatic heterocycles. The Kier molecular flexibility index (Phi) is 5.90. The summed E-state index contributed by atoms with van der Waals surface area (Å²) in [6, 6.07) is 10.6. The Morgan fingerprint density at radius 2 is 2.05 bits per heavy atom. The van der Waals surface area contributed by atoms with Crippen molar-refractivity contribution in [2.24, 2.45) is 11.8 Å². The molecule has 0 heterocycles. The van der Waals surface area contributed by atoms with Gasteiger partial charge in [0.25, 0.3) is 0 Å². The highest BCUT2D eigenvalue weighted by molar-refractivity contribution is 7.99. The minimum Gasteiger partial charge on any atom is -0.295 e. The molecule has 2 heteroatoms. The van der Waals surface area contributed by atoms with Crippen LogP contribution in [-0.2, 0) is 4.79 Å². The molecule has 0 radical (unpaired) electrons. The van der Waals surface area contributed by atoms with Crippen molar-refractivity contribution in [3.05, 3.63) is 42.0 Å². The highest BCUT2D eigenvalue weighted by Gasteiger charge is 2.26. The fraction of sp³-hybridized carbons (Fsp3) is 0.500. The van der Waals surface area contributed by atoms with Crippen molar-refractivity contribution in [3.8, 4) is 0 Å². The Balaban J connectivity index is 1.95. The molecule has 0 spiro atoms. The molecule has 1 aromatic carbocycles. The summed E-state index contributed by atoms with van der Waals surface area (Å²) in [6.07, 6.45) is 6.41. The van der Waals surface area contributed by atoms with Gasteiger partial charge in [-0.15, -0.1) is 11.8 Å². The van der Waals surface area contributed by atoms with Crippen LogP contribution in [-0.4, -0.2) is 11.5 Å². The predicted octanol–water partition coefficient (Wildman–Crippen LogP) is 5.12. The van der Waals surface area contributed by atoms with Crippen molar-refractivity contribution in [1.82, 2.24) is 0 Å². The largest absolute Gasteiger partial charge is 0.295 e. The Labute approximate surface area is 126 Å². The van der Waals surface area contributed by atoms with E-state index in [1.165, 1.54) is 17.7 Å². The minimum atomic E-state index is 0.354. The van der Waals surface area contributed by atoms with Crippen molar-refractivity contribution in [3.63, 3.8) is 0 Å². The second kappa shape index (κ2) is 7.68. The Morgan fingerprint density at radius 1 is 1.30 bits per heavy atom. The molecule has 20 heavy (non-hydrogen) atoms. The van der Waals surface area contributed by atoms with E-state index in [4.69, 9.17) is 0 Å². The summed E-state index contributed by atoms with van der Waals surface area (Å²) in [4.78, 5) is 13.2. The molecule has 1 aromatic rings. The van der Waals surface area contributed by atoms with Crippen LogP contribution in [0.15, 0.2) is 46.9 Å². The zero-order valence-corrected chi connectivity index (χ0v) is 13.3. The summed E-state index contributed by atoms with van der Waals surface area (Å²) < 4.78 is 0. The highest BCUT2D eigenvalue weighted by atomic mass is 32.2. The van der Waals surface area contributed by atoms with E-state index in [0.717, 1.165) is 24.2 Å². The number of hydrogen-bond acceptors (Lipinski definition) is 2. The van der Waals surface area contributed by atoms with Gasteiger partial charge < -0.3 is 0 Å². The first kappa shape index (κ1) is 15.4. The molecule has 2 rings (SSSR count). The normalized spacial score (nSPS) is 20.6. The summed E-state index contributed by atoms with van der Waals surface area (Å²) in [5, 5.41) is 0. The molecule has 1 unspecified atom stereocenters. The highest BCUT2D eigenvalue weighted by Crippen LogP contribution is 2.34. The van der Waals surface area contributed by atoms with Crippen molar-refractivity contribution in [2.75, 3.05) is 5.75 Å². The van der Waals surface area contributed by atoms with Crippen LogP contribution >= 0.6 is 11.8 Å². The van der Waals surface area contributed by atoms with E-state index in [1.807, 2.05) is 18.7 Å². The lowest BCUT2D eigenvalue weighted by atomic mass is 9.79. The lowest BCUT2D eigenvalue weighted by molar-refractivity contribution is -0.117. The first-order valence-electron chi connectivity index (χ1n) is 7.58. The summed E-state index contributed by atoms with van der Waals surface area (Å²) >= 11 is 1.93. The van der Waals surface area contributed by atoms with Gasteiger partial charge in [0.2, 0.25) is 0 Å². The SMILES string of the molecule is CCC[C@H](CSc1ccccc1)C1CC=C(C)C(=O)C1. The molecular formula is C18H24OS. The van der Waals surface area contributed by atoms with Gasteiger partial charge in [0, 0.05) is 17.1 Å². The number of benzene rings is 1. The molecule has 0 bridgehead atoms. The van der Waals surface area contributed by atoms with Gasteiger partial charge in [-0.2, -0.15) is 0 Å². The average Bonchev–Trinajstić information content (AvgIpc) is 2.47. The first-order valence-corrected chi connectivity index (χ1v) is 8.57. The topological polar surface area (TPSA) is 17.1 Å². The van der Waals surface area contributed by atoms with Gasteiger partial charge in [-0.25, -0.2) is 0 Å². The van der Waals surface area contributed by atoms with Crippen LogP contribution in [0.5, 0.6) is 0 Å². The number of allylic oxidation sites excluding steroid dienone is 2. The fourth-order valence-corrected chi connectivity index (χ4v) is 4.02. The Bertz CT molecular complexity index is 464. The maximum Gasteiger partial charge on any atom is 0.158 e. The van der Waals surface area contributed by atoms with Crippen LogP contribution in [0.2, 0.25) is 0 Å². The van der Waals surface area contributed by atoms with Gasteiger partial charge in [0.05, 0.1) is 0 Å². The molecule has 0 aliphatic heterocycles. The third-order valence-electron chi connectivity index (χ3n) is 4.15. The second-order valence-corrected chi connectivity index (χ2v) is 6.78. The predicted molar refractivity (Wildman–Crippen MR) is 87.1 cm³/mol. The lowest BCUT2D eigenvalue weighted by Gasteiger charge is -2.28. The summed E-state index contributed by atoms with van der Waals surface area (Å²) in [5.74, 6) is 2.68. The van der Waals surface area contributed by atoms with Crippen molar-refractivity contribution >= 4 is 17.5 Å². The fourth-order valence-electron chi connectivity index (χ4n) is 2.83. The Morgan fingerprint density at radius 3 is 2.70 bits per heavy atom. The van der Waals surface area contributed by atoms with Crippen molar-refractivity contribution in [1.29, 1.82) is 0 Å². The minimum absolute atomic E-state index is 0.354. The van der Waals surface area contributed by atoms with Crippen LogP contribution in [0.1, 0.15) is 39.5 Å². The first-order chi connectivity index (χ1) is 9.70. The van der Waals surface area contributed by atoms with E-state index in [9.17, 15) is 4.79 Å². The van der Waals surface area contributed by atoms with Gasteiger partial charge in [-0.3, -0.25) is 4.79 Å². The number of thioether (sulfide) groups is 1. The summed E-state index contributed by atoms with van der Waals surface area (Å²) in [7, 11) is 0. The van der Waals surface area contributed by atoms with Crippen LogP contribution in [0.25, 0.3) is 0 Å². The van der Waals surface area contributed by atoms with Crippen LogP contribution in [0.3, 0.4) is 0 Å². The third kappa shape index (κ3) is 4.24. The number of carbonyl (C=O) groups excluding carboxylic acids is 1. The third-order valence-corrected chi connectivity index (χ3v) is 5.35. The molecule has 1 nitrogen and oxygen atoms in total. The number of hydrogen-bond donors (Lipinski definition) is 0. The van der Waals surface area contributed by atoms with Crippen LogP contribution < -0.4 is 0 Å². The molecule has 1 aliphatic rings. The van der Waals surface area contributed by atoms with Crippen LogP contribution in [0, 0.1) is 11.8 Å². The summed E-state index contributed by atoms with van der Waals surface area (Å²) in [5.41, 5.74) is 0.965. The maximum atomic E-state index is 11.9. The van der Waals surface area contributed by atoms with E-state index in [0.29, 0.717) is 17.6 Å². The number of rotatable bonds is 6. The molecule has 2 atom stereocenters. The quantitative estimate of drug-likeness (QED) is 0.676. The summed E-state index contributed by atoms with van der Waals surface area (Å²) in [6.45, 7) is 4.19. The molecule has 0 N–H and O–H groups in total. The molecular weight excluding hydrogens is 264 g/mol. The van der Waals surface area contributed by atoms with E-state index >= 15 is 0 Å². The second-order valence-electron chi connectivity index (χ2n) is 5.68. The standard InChI is InChI=1S/C18H24OS/c1-3-7-16(13-20-17-8-5-4-6-9-17)15-11-10-14(2)18(19)12-15/h4-6,8-10,15-16H,3,7,11-13H2,1-2H3/t15?,16-/m1/s1. The van der Waals surface area contributed by atoms with Gasteiger partial charge in [-0.1, -0.05) is 37.6 Å². The smallest absolute Gasteiger partial charge is 0.158 e. The molecule has 0 saturated heterocycles. The van der Waals surface area contributed by atoms with Gasteiger partial charge in [0.15, 0.2) is 5.78 Å². The van der Waals surface area contributed by atoms with Crippen molar-refractivity contribution in [2.45, 2.75) is 44.4 Å².